The molecule has 0 saturated carbocycles. The van der Waals surface area contributed by atoms with Crippen LogP contribution in [-0.4, -0.2) is 24.0 Å². The van der Waals surface area contributed by atoms with Crippen LogP contribution in [0, 0.1) is 0 Å². The van der Waals surface area contributed by atoms with Gasteiger partial charge >= 0.3 is 5.97 Å². The van der Waals surface area contributed by atoms with Crippen molar-refractivity contribution in [3.8, 4) is 5.75 Å². The Hall–Kier alpha value is -4.50. The molecule has 0 fully saturated rings. The van der Waals surface area contributed by atoms with Crippen molar-refractivity contribution in [2.45, 2.75) is 6.42 Å². The molecule has 0 aliphatic carbocycles. The highest BCUT2D eigenvalue weighted by Crippen LogP contribution is 2.37. The van der Waals surface area contributed by atoms with Gasteiger partial charge in [-0.1, -0.05) is 71.7 Å². The number of nitrogens with one attached hydrogen (secondary N) is 2. The van der Waals surface area contributed by atoms with Crippen molar-refractivity contribution < 1.29 is 19.1 Å². The zero-order valence-electron chi connectivity index (χ0n) is 21.3. The minimum atomic E-state index is -0.617. The van der Waals surface area contributed by atoms with Crippen LogP contribution in [0.4, 0.5) is 5.69 Å². The zero-order chi connectivity index (χ0) is 28.8. The number of ether oxygens (including phenoxy) is 1. The summed E-state index contributed by atoms with van der Waals surface area (Å²) in [7, 11) is 0. The number of esters is 1. The van der Waals surface area contributed by atoms with Crippen LogP contribution in [0.5, 0.6) is 5.75 Å². The topological polar surface area (TPSA) is 96.9 Å². The highest BCUT2D eigenvalue weighted by atomic mass is 35.5. The molecule has 0 aliphatic rings. The number of amides is 2. The Labute approximate surface area is 249 Å². The van der Waals surface area contributed by atoms with Gasteiger partial charge in [-0.3, -0.25) is 9.59 Å². The second kappa shape index (κ2) is 12.8. The molecule has 2 N–H and O–H groups in total. The van der Waals surface area contributed by atoms with Gasteiger partial charge in [-0.15, -0.1) is 11.3 Å². The van der Waals surface area contributed by atoms with Crippen molar-refractivity contribution in [2.75, 3.05) is 5.32 Å². The summed E-state index contributed by atoms with van der Waals surface area (Å²) in [5, 5.41) is 8.38. The Morgan fingerprint density at radius 2 is 1.61 bits per heavy atom. The predicted octanol–water partition coefficient (Wildman–Crippen LogP) is 7.37. The number of rotatable bonds is 8. The molecule has 0 spiro atoms. The Kier molecular flexibility index (Phi) is 8.74. The number of anilines is 1. The van der Waals surface area contributed by atoms with E-state index in [-0.39, 0.29) is 23.0 Å². The average molecular weight is 602 g/mol. The Morgan fingerprint density at radius 1 is 0.878 bits per heavy atom. The van der Waals surface area contributed by atoms with E-state index in [9.17, 15) is 14.4 Å². The van der Waals surface area contributed by atoms with Gasteiger partial charge in [0.25, 0.3) is 5.91 Å². The first-order chi connectivity index (χ1) is 19.9. The van der Waals surface area contributed by atoms with Gasteiger partial charge in [-0.25, -0.2) is 10.2 Å². The number of hydrogen-bond donors (Lipinski definition) is 2. The van der Waals surface area contributed by atoms with Crippen molar-refractivity contribution in [2.24, 2.45) is 5.10 Å². The first-order valence-corrected chi connectivity index (χ1v) is 13.9. The van der Waals surface area contributed by atoms with Crippen LogP contribution in [-0.2, 0) is 11.2 Å². The Morgan fingerprint density at radius 3 is 2.39 bits per heavy atom. The third kappa shape index (κ3) is 6.99. The van der Waals surface area contributed by atoms with Crippen LogP contribution < -0.4 is 15.5 Å². The molecule has 7 nitrogen and oxygen atoms in total. The van der Waals surface area contributed by atoms with Crippen LogP contribution in [0.25, 0.3) is 10.1 Å². The van der Waals surface area contributed by atoms with E-state index in [1.165, 1.54) is 17.6 Å². The number of hydrazone groups is 1. The molecule has 0 atom stereocenters. The monoisotopic (exact) mass is 601 g/mol. The van der Waals surface area contributed by atoms with E-state index in [0.29, 0.717) is 32.2 Å². The highest BCUT2D eigenvalue weighted by Gasteiger charge is 2.20. The summed E-state index contributed by atoms with van der Waals surface area (Å²) >= 11 is 13.7. The number of thiophene rings is 1. The lowest BCUT2D eigenvalue weighted by Gasteiger charge is -2.07. The molecule has 0 aliphatic heterocycles. The van der Waals surface area contributed by atoms with Crippen LogP contribution in [0.15, 0.2) is 102 Å². The van der Waals surface area contributed by atoms with Gasteiger partial charge in [0, 0.05) is 31.9 Å². The number of benzene rings is 4. The van der Waals surface area contributed by atoms with E-state index in [4.69, 9.17) is 27.9 Å². The molecule has 0 saturated heterocycles. The zero-order valence-corrected chi connectivity index (χ0v) is 23.6. The number of carbonyl (C=O) groups is 3. The van der Waals surface area contributed by atoms with Crippen molar-refractivity contribution in [3.05, 3.63) is 129 Å². The second-order valence-corrected chi connectivity index (χ2v) is 10.7. The molecule has 0 unspecified atom stereocenters. The number of para-hydroxylation sites is 1. The fourth-order valence-electron chi connectivity index (χ4n) is 3.91. The SMILES string of the molecule is O=C(Cc1ccccc1)Nc1ccc(C(=O)N/N=C\c2ccccc2OC(=O)c2sc3cc(Cl)ccc3c2Cl)cc1. The number of fused-ring (bicyclic) bond motifs is 1. The molecule has 5 rings (SSSR count). The van der Waals surface area contributed by atoms with Gasteiger partial charge in [-0.05, 0) is 54.1 Å². The van der Waals surface area contributed by atoms with Crippen molar-refractivity contribution in [3.63, 3.8) is 0 Å². The number of hydrogen-bond acceptors (Lipinski definition) is 6. The fourth-order valence-corrected chi connectivity index (χ4v) is 5.57. The van der Waals surface area contributed by atoms with Gasteiger partial charge in [0.05, 0.1) is 17.7 Å². The highest BCUT2D eigenvalue weighted by molar-refractivity contribution is 7.21. The second-order valence-electron chi connectivity index (χ2n) is 8.80. The average Bonchev–Trinajstić information content (AvgIpc) is 3.30. The summed E-state index contributed by atoms with van der Waals surface area (Å²) in [4.78, 5) is 38.0. The van der Waals surface area contributed by atoms with Crippen LogP contribution >= 0.6 is 34.5 Å². The number of carbonyl (C=O) groups excluding carboxylic acids is 3. The largest absolute Gasteiger partial charge is 0.422 e. The first-order valence-electron chi connectivity index (χ1n) is 12.3. The number of nitrogens with zero attached hydrogens (tertiary/aromatic N) is 1. The molecule has 41 heavy (non-hydrogen) atoms. The van der Waals surface area contributed by atoms with E-state index >= 15 is 0 Å². The molecule has 10 heteroatoms. The first kappa shape index (κ1) is 28.0. The van der Waals surface area contributed by atoms with E-state index < -0.39 is 11.9 Å². The van der Waals surface area contributed by atoms with Crippen molar-refractivity contribution in [1.29, 1.82) is 0 Å². The maximum absolute atomic E-state index is 12.9. The van der Waals surface area contributed by atoms with Gasteiger partial charge in [0.1, 0.15) is 10.6 Å². The lowest BCUT2D eigenvalue weighted by molar-refractivity contribution is -0.115. The lowest BCUT2D eigenvalue weighted by Crippen LogP contribution is -2.18. The standard InChI is InChI=1S/C31H21Cl2N3O4S/c32-22-12-15-24-26(17-22)41-29(28(24)33)31(39)40-25-9-5-4-8-21(25)18-34-36-30(38)20-10-13-23(14-11-20)35-27(37)16-19-6-2-1-3-7-19/h1-15,17-18H,16H2,(H,35,37)(H,36,38)/b34-18-. The van der Waals surface area contributed by atoms with E-state index in [2.05, 4.69) is 15.8 Å². The Balaban J connectivity index is 1.19. The van der Waals surface area contributed by atoms with E-state index in [1.54, 1.807) is 66.7 Å². The molecule has 1 aromatic heterocycles. The maximum Gasteiger partial charge on any atom is 0.355 e. The van der Waals surface area contributed by atoms with E-state index in [0.717, 1.165) is 10.3 Å². The summed E-state index contributed by atoms with van der Waals surface area (Å²) in [6, 6.07) is 27.8. The summed E-state index contributed by atoms with van der Waals surface area (Å²) in [6.45, 7) is 0. The Bertz CT molecular complexity index is 1770. The lowest BCUT2D eigenvalue weighted by atomic mass is 10.1. The summed E-state index contributed by atoms with van der Waals surface area (Å²) < 4.78 is 6.39. The van der Waals surface area contributed by atoms with Crippen molar-refractivity contribution in [1.82, 2.24) is 5.43 Å². The van der Waals surface area contributed by atoms with Gasteiger partial charge in [0.15, 0.2) is 0 Å². The summed E-state index contributed by atoms with van der Waals surface area (Å²) in [5.74, 6) is -0.976. The molecule has 0 bridgehead atoms. The minimum absolute atomic E-state index is 0.156. The van der Waals surface area contributed by atoms with Crippen LogP contribution in [0.1, 0.15) is 31.2 Å². The summed E-state index contributed by atoms with van der Waals surface area (Å²) in [6.07, 6.45) is 1.63. The maximum atomic E-state index is 12.9. The summed E-state index contributed by atoms with van der Waals surface area (Å²) in [5.41, 5.74) is 4.76. The molecular formula is C31H21Cl2N3O4S. The molecule has 4 aromatic carbocycles. The molecule has 0 radical (unpaired) electrons. The van der Waals surface area contributed by atoms with Gasteiger partial charge < -0.3 is 10.1 Å². The smallest absolute Gasteiger partial charge is 0.355 e. The van der Waals surface area contributed by atoms with Crippen LogP contribution in [0.2, 0.25) is 10.0 Å². The molecule has 204 valence electrons. The molecule has 1 heterocycles. The van der Waals surface area contributed by atoms with Gasteiger partial charge in [0.2, 0.25) is 5.91 Å². The normalized spacial score (nSPS) is 11.0. The molecular weight excluding hydrogens is 581 g/mol. The van der Waals surface area contributed by atoms with Gasteiger partial charge in [-0.2, -0.15) is 5.10 Å². The van der Waals surface area contributed by atoms with Crippen molar-refractivity contribution >= 4 is 74.3 Å². The quantitative estimate of drug-likeness (QED) is 0.0839. The third-order valence-corrected chi connectivity index (χ3v) is 7.78. The molecule has 5 aromatic rings. The fraction of sp³-hybridized carbons (Fsp3) is 0.0323. The molecule has 2 amide bonds. The predicted molar refractivity (Wildman–Crippen MR) is 164 cm³/mol. The van der Waals surface area contributed by atoms with E-state index in [1.807, 2.05) is 30.3 Å². The third-order valence-electron chi connectivity index (χ3n) is 5.91. The number of halogens is 2. The minimum Gasteiger partial charge on any atom is -0.422 e. The van der Waals surface area contributed by atoms with Crippen LogP contribution in [0.3, 0.4) is 0 Å².